The predicted octanol–water partition coefficient (Wildman–Crippen LogP) is 0.233. The molecule has 2 rings (SSSR count). The first kappa shape index (κ1) is 22.1. The second kappa shape index (κ2) is 10.4. The van der Waals surface area contributed by atoms with Gasteiger partial charge < -0.3 is 16.2 Å². The molecule has 3 amide bonds. The van der Waals surface area contributed by atoms with Crippen molar-refractivity contribution < 1.29 is 24.7 Å². The second-order valence-electron chi connectivity index (χ2n) is 6.87. The fraction of sp³-hybridized carbons (Fsp3) is 0.286. The Morgan fingerprint density at radius 2 is 1.62 bits per heavy atom. The van der Waals surface area contributed by atoms with Crippen LogP contribution in [0.3, 0.4) is 0 Å². The Bertz CT molecular complexity index is 856. The number of hydrogen-bond donors (Lipinski definition) is 5. The van der Waals surface area contributed by atoms with E-state index in [-0.39, 0.29) is 12.8 Å². The number of benzene rings is 2. The fourth-order valence-electron chi connectivity index (χ4n) is 3.04. The zero-order valence-electron chi connectivity index (χ0n) is 16.0. The average Bonchev–Trinajstić information content (AvgIpc) is 2.71. The molecule has 0 aromatic heterocycles. The molecule has 0 aliphatic rings. The number of carbonyl (C=O) groups is 3. The van der Waals surface area contributed by atoms with Crippen LogP contribution in [0.2, 0.25) is 0 Å². The molecule has 0 saturated carbocycles. The minimum atomic E-state index is -1.81. The smallest absolute Gasteiger partial charge is 0.272 e. The van der Waals surface area contributed by atoms with Crippen LogP contribution in [0.5, 0.6) is 0 Å². The van der Waals surface area contributed by atoms with E-state index in [1.54, 1.807) is 36.4 Å². The number of hydrogen-bond acceptors (Lipinski definition) is 5. The summed E-state index contributed by atoms with van der Waals surface area (Å²) in [6, 6.07) is 15.2. The van der Waals surface area contributed by atoms with E-state index in [2.05, 4.69) is 5.32 Å². The lowest BCUT2D eigenvalue weighted by atomic mass is 9.91. The Morgan fingerprint density at radius 3 is 2.21 bits per heavy atom. The van der Waals surface area contributed by atoms with Gasteiger partial charge in [0, 0.05) is 6.42 Å². The monoisotopic (exact) mass is 399 g/mol. The number of carbonyl (C=O) groups excluding carboxylic acids is 3. The van der Waals surface area contributed by atoms with Crippen LogP contribution in [0.15, 0.2) is 54.6 Å². The van der Waals surface area contributed by atoms with E-state index in [4.69, 9.17) is 10.9 Å². The van der Waals surface area contributed by atoms with Crippen molar-refractivity contribution in [2.75, 3.05) is 0 Å². The van der Waals surface area contributed by atoms with Crippen LogP contribution in [0.1, 0.15) is 16.7 Å². The number of aryl methyl sites for hydroxylation is 1. The lowest BCUT2D eigenvalue weighted by Gasteiger charge is -2.24. The van der Waals surface area contributed by atoms with Crippen LogP contribution in [-0.2, 0) is 27.2 Å². The highest BCUT2D eigenvalue weighted by Crippen LogP contribution is 2.16. The molecule has 8 heteroatoms. The highest BCUT2D eigenvalue weighted by molar-refractivity contribution is 5.92. The van der Waals surface area contributed by atoms with Gasteiger partial charge in [-0.15, -0.1) is 0 Å². The van der Waals surface area contributed by atoms with Gasteiger partial charge in [-0.2, -0.15) is 0 Å². The largest absolute Gasteiger partial charge is 0.382 e. The Hall–Kier alpha value is -3.23. The van der Waals surface area contributed by atoms with Gasteiger partial charge in [-0.1, -0.05) is 60.2 Å². The third kappa shape index (κ3) is 6.41. The molecule has 2 aromatic rings. The van der Waals surface area contributed by atoms with Crippen molar-refractivity contribution in [1.29, 1.82) is 0 Å². The number of nitrogens with two attached hydrogens (primary N) is 1. The van der Waals surface area contributed by atoms with Gasteiger partial charge in [-0.3, -0.25) is 19.6 Å². The second-order valence-corrected chi connectivity index (χ2v) is 6.87. The maximum Gasteiger partial charge on any atom is 0.272 e. The van der Waals surface area contributed by atoms with Gasteiger partial charge in [0.25, 0.3) is 5.91 Å². The Kier molecular flexibility index (Phi) is 7.88. The molecule has 8 nitrogen and oxygen atoms in total. The van der Waals surface area contributed by atoms with Crippen molar-refractivity contribution in [2.24, 2.45) is 11.7 Å². The molecule has 0 aliphatic carbocycles. The number of nitrogens with one attached hydrogen (secondary N) is 2. The van der Waals surface area contributed by atoms with Crippen molar-refractivity contribution in [2.45, 2.75) is 31.9 Å². The molecule has 0 heterocycles. The Balaban J connectivity index is 2.22. The molecule has 0 aliphatic heterocycles. The fourth-order valence-corrected chi connectivity index (χ4v) is 3.04. The molecule has 6 N–H and O–H groups in total. The molecule has 0 spiro atoms. The van der Waals surface area contributed by atoms with Gasteiger partial charge in [0.1, 0.15) is 12.1 Å². The number of amides is 3. The van der Waals surface area contributed by atoms with Crippen molar-refractivity contribution in [1.82, 2.24) is 10.8 Å². The molecule has 29 heavy (non-hydrogen) atoms. The van der Waals surface area contributed by atoms with Gasteiger partial charge in [0.2, 0.25) is 11.8 Å². The zero-order valence-corrected chi connectivity index (χ0v) is 16.0. The maximum absolute atomic E-state index is 12.9. The van der Waals surface area contributed by atoms with Gasteiger partial charge in [-0.05, 0) is 24.5 Å². The first-order valence-corrected chi connectivity index (χ1v) is 9.13. The lowest BCUT2D eigenvalue weighted by Crippen LogP contribution is -2.52. The van der Waals surface area contributed by atoms with Crippen LogP contribution in [0.25, 0.3) is 0 Å². The van der Waals surface area contributed by atoms with Crippen molar-refractivity contribution in [3.05, 3.63) is 71.3 Å². The van der Waals surface area contributed by atoms with Gasteiger partial charge in [-0.25, -0.2) is 5.48 Å². The summed E-state index contributed by atoms with van der Waals surface area (Å²) >= 11 is 0. The number of hydroxylamine groups is 1. The summed E-state index contributed by atoms with van der Waals surface area (Å²) in [6.07, 6.45) is -1.62. The third-order valence-electron chi connectivity index (χ3n) is 4.58. The minimum absolute atomic E-state index is 0.0267. The van der Waals surface area contributed by atoms with Gasteiger partial charge in [0.05, 0.1) is 5.92 Å². The molecule has 0 saturated heterocycles. The van der Waals surface area contributed by atoms with Crippen LogP contribution in [-0.4, -0.2) is 40.2 Å². The highest BCUT2D eigenvalue weighted by atomic mass is 16.5. The zero-order chi connectivity index (χ0) is 21.4. The third-order valence-corrected chi connectivity index (χ3v) is 4.58. The van der Waals surface area contributed by atoms with Crippen LogP contribution in [0.4, 0.5) is 0 Å². The molecular formula is C21H25N3O5. The summed E-state index contributed by atoms with van der Waals surface area (Å²) in [5.74, 6) is -3.81. The van der Waals surface area contributed by atoms with Crippen molar-refractivity contribution in [3.8, 4) is 0 Å². The minimum Gasteiger partial charge on any atom is -0.382 e. The summed E-state index contributed by atoms with van der Waals surface area (Å²) in [7, 11) is 0. The SMILES string of the molecule is Cc1cccc(C[C@@H](C(=O)N[C@@H](Cc2ccccc2)C(N)=O)[C@H](O)C(=O)NO)c1. The van der Waals surface area contributed by atoms with E-state index in [9.17, 15) is 19.5 Å². The molecular weight excluding hydrogens is 374 g/mol. The molecule has 3 atom stereocenters. The summed E-state index contributed by atoms with van der Waals surface area (Å²) in [6.45, 7) is 1.87. The van der Waals surface area contributed by atoms with Crippen LogP contribution >= 0.6 is 0 Å². The summed E-state index contributed by atoms with van der Waals surface area (Å²) in [4.78, 5) is 36.5. The number of aliphatic hydroxyl groups is 1. The standard InChI is InChI=1S/C21H25N3O5/c1-13-6-5-9-15(10-13)11-16(18(25)21(28)24-29)20(27)23-17(19(22)26)12-14-7-3-2-4-8-14/h2-10,16-18,25,29H,11-12H2,1H3,(H2,22,26)(H,23,27)(H,24,28)/t16-,17+,18+/m1/s1. The Morgan fingerprint density at radius 1 is 0.966 bits per heavy atom. The van der Waals surface area contributed by atoms with Crippen LogP contribution in [0, 0.1) is 12.8 Å². The van der Waals surface area contributed by atoms with E-state index in [1.165, 1.54) is 5.48 Å². The first-order valence-electron chi connectivity index (χ1n) is 9.13. The maximum atomic E-state index is 12.9. The van der Waals surface area contributed by atoms with E-state index < -0.39 is 35.8 Å². The number of rotatable bonds is 9. The quantitative estimate of drug-likeness (QED) is 0.303. The van der Waals surface area contributed by atoms with E-state index in [0.717, 1.165) is 11.1 Å². The average molecular weight is 399 g/mol. The molecule has 0 unspecified atom stereocenters. The molecule has 0 radical (unpaired) electrons. The van der Waals surface area contributed by atoms with Gasteiger partial charge >= 0.3 is 0 Å². The van der Waals surface area contributed by atoms with Crippen molar-refractivity contribution in [3.63, 3.8) is 0 Å². The number of primary amides is 1. The summed E-state index contributed by atoms with van der Waals surface area (Å²) < 4.78 is 0. The normalized spacial score (nSPS) is 13.8. The molecule has 0 fully saturated rings. The molecule has 2 aromatic carbocycles. The van der Waals surface area contributed by atoms with Gasteiger partial charge in [0.15, 0.2) is 0 Å². The van der Waals surface area contributed by atoms with E-state index >= 15 is 0 Å². The van der Waals surface area contributed by atoms with Crippen LogP contribution < -0.4 is 16.5 Å². The summed E-state index contributed by atoms with van der Waals surface area (Å²) in [5, 5.41) is 21.6. The van der Waals surface area contributed by atoms with Crippen molar-refractivity contribution >= 4 is 17.7 Å². The van der Waals surface area contributed by atoms with E-state index in [1.807, 2.05) is 25.1 Å². The summed E-state index contributed by atoms with van der Waals surface area (Å²) in [5.41, 5.74) is 9.24. The topological polar surface area (TPSA) is 142 Å². The lowest BCUT2D eigenvalue weighted by molar-refractivity contribution is -0.146. The molecule has 154 valence electrons. The number of aliphatic hydroxyl groups excluding tert-OH is 1. The predicted molar refractivity (Wildman–Crippen MR) is 106 cm³/mol. The highest BCUT2D eigenvalue weighted by Gasteiger charge is 2.34. The van der Waals surface area contributed by atoms with E-state index in [0.29, 0.717) is 5.56 Å². The first-order chi connectivity index (χ1) is 13.8. The Labute approximate surface area is 168 Å². The molecule has 0 bridgehead atoms.